The van der Waals surface area contributed by atoms with Gasteiger partial charge in [0.15, 0.2) is 5.78 Å². The van der Waals surface area contributed by atoms with Crippen molar-refractivity contribution in [3.05, 3.63) is 84.4 Å². The number of rotatable bonds is 7. The monoisotopic (exact) mass is 421 g/mol. The Morgan fingerprint density at radius 1 is 0.967 bits per heavy atom. The summed E-state index contributed by atoms with van der Waals surface area (Å²) in [6.45, 7) is -0.391. The van der Waals surface area contributed by atoms with E-state index in [1.54, 1.807) is 54.6 Å². The Hall–Kier alpha value is -3.65. The minimum absolute atomic E-state index is 0.0321. The van der Waals surface area contributed by atoms with Crippen LogP contribution in [0.25, 0.3) is 11.0 Å². The Morgan fingerprint density at radius 2 is 1.63 bits per heavy atom. The van der Waals surface area contributed by atoms with Crippen molar-refractivity contribution in [1.82, 2.24) is 9.97 Å². The normalized spacial score (nSPS) is 11.4. The van der Waals surface area contributed by atoms with Crippen LogP contribution < -0.4 is 9.04 Å². The van der Waals surface area contributed by atoms with Crippen molar-refractivity contribution in [1.29, 1.82) is 0 Å². The number of para-hydroxylation sites is 2. The van der Waals surface area contributed by atoms with Crippen LogP contribution in [0, 0.1) is 0 Å². The summed E-state index contributed by atoms with van der Waals surface area (Å²) in [5, 5.41) is 0. The van der Waals surface area contributed by atoms with Crippen LogP contribution in [0.4, 0.5) is 5.95 Å². The first kappa shape index (κ1) is 19.7. The van der Waals surface area contributed by atoms with Crippen molar-refractivity contribution >= 4 is 32.8 Å². The molecule has 7 nitrogen and oxygen atoms in total. The number of Topliss-reactive ketones (excluding diaryl/α,β-unsaturated/α-hetero) is 1. The molecule has 4 aromatic rings. The number of carbonyl (C=O) groups is 1. The van der Waals surface area contributed by atoms with Crippen LogP contribution in [0.15, 0.2) is 83.8 Å². The van der Waals surface area contributed by atoms with Crippen LogP contribution in [0.3, 0.4) is 0 Å². The number of ether oxygens (including phenoxy) is 1. The summed E-state index contributed by atoms with van der Waals surface area (Å²) in [5.41, 5.74) is 1.70. The molecule has 1 N–H and O–H groups in total. The number of hydrogen-bond donors (Lipinski definition) is 1. The molecule has 0 saturated carbocycles. The van der Waals surface area contributed by atoms with Gasteiger partial charge in [-0.1, -0.05) is 42.5 Å². The molecule has 3 aromatic carbocycles. The molecular weight excluding hydrogens is 402 g/mol. The van der Waals surface area contributed by atoms with Crippen LogP contribution in [-0.4, -0.2) is 37.8 Å². The number of methoxy groups -OCH3 is 1. The van der Waals surface area contributed by atoms with E-state index in [-0.39, 0.29) is 16.6 Å². The number of fused-ring (bicyclic) bond motifs is 1. The molecule has 0 fully saturated rings. The van der Waals surface area contributed by atoms with Gasteiger partial charge in [0.1, 0.15) is 12.3 Å². The first-order valence-corrected chi connectivity index (χ1v) is 10.6. The number of nitrogens with zero attached hydrogens (tertiary/aromatic N) is 2. The third-order valence-electron chi connectivity index (χ3n) is 4.64. The predicted molar refractivity (Wildman–Crippen MR) is 114 cm³/mol. The summed E-state index contributed by atoms with van der Waals surface area (Å²) < 4.78 is 33.0. The van der Waals surface area contributed by atoms with Crippen molar-refractivity contribution in [2.24, 2.45) is 0 Å². The molecule has 0 atom stereocenters. The molecule has 8 heteroatoms. The lowest BCUT2D eigenvalue weighted by Crippen LogP contribution is -2.36. The standard InChI is InChI=1S/C22H19N3O4S/c1-29-17-11-13-18(14-12-17)30(27,28)25(15-21(26)16-7-3-2-4-8-16)22-23-19-9-5-6-10-20(19)24-22/h2-14H,15H2,1H3,(H,23,24). The highest BCUT2D eigenvalue weighted by molar-refractivity contribution is 7.92. The Labute approximate surface area is 174 Å². The van der Waals surface area contributed by atoms with E-state index >= 15 is 0 Å². The molecular formula is C22H19N3O4S. The molecule has 1 heterocycles. The van der Waals surface area contributed by atoms with Gasteiger partial charge in [-0.3, -0.25) is 4.79 Å². The highest BCUT2D eigenvalue weighted by atomic mass is 32.2. The molecule has 0 radical (unpaired) electrons. The van der Waals surface area contributed by atoms with E-state index in [9.17, 15) is 13.2 Å². The van der Waals surface area contributed by atoms with Gasteiger partial charge in [-0.25, -0.2) is 17.7 Å². The quantitative estimate of drug-likeness (QED) is 0.460. The zero-order valence-corrected chi connectivity index (χ0v) is 17.0. The van der Waals surface area contributed by atoms with Gasteiger partial charge in [0, 0.05) is 5.56 Å². The SMILES string of the molecule is COc1ccc(S(=O)(=O)N(CC(=O)c2ccccc2)c2nc3ccccc3[nH]2)cc1. The Bertz CT molecular complexity index is 1250. The summed E-state index contributed by atoms with van der Waals surface area (Å²) in [6.07, 6.45) is 0. The fourth-order valence-electron chi connectivity index (χ4n) is 3.05. The van der Waals surface area contributed by atoms with Gasteiger partial charge in [0.2, 0.25) is 5.95 Å². The highest BCUT2D eigenvalue weighted by Gasteiger charge is 2.30. The van der Waals surface area contributed by atoms with E-state index < -0.39 is 16.6 Å². The number of imidazole rings is 1. The summed E-state index contributed by atoms with van der Waals surface area (Å²) in [6, 6.07) is 21.8. The summed E-state index contributed by atoms with van der Waals surface area (Å²) >= 11 is 0. The van der Waals surface area contributed by atoms with Crippen molar-refractivity contribution in [3.8, 4) is 5.75 Å². The minimum atomic E-state index is -4.07. The molecule has 0 aliphatic heterocycles. The van der Waals surface area contributed by atoms with Crippen LogP contribution in [0.2, 0.25) is 0 Å². The van der Waals surface area contributed by atoms with Crippen molar-refractivity contribution in [2.75, 3.05) is 18.0 Å². The lowest BCUT2D eigenvalue weighted by molar-refractivity contribution is 0.100. The van der Waals surface area contributed by atoms with Crippen LogP contribution >= 0.6 is 0 Å². The van der Waals surface area contributed by atoms with Crippen LogP contribution in [0.1, 0.15) is 10.4 Å². The second-order valence-corrected chi connectivity index (χ2v) is 8.42. The van der Waals surface area contributed by atoms with Crippen molar-refractivity contribution in [3.63, 3.8) is 0 Å². The molecule has 0 saturated heterocycles. The van der Waals surface area contributed by atoms with E-state index in [4.69, 9.17) is 4.74 Å². The smallest absolute Gasteiger partial charge is 0.267 e. The van der Waals surface area contributed by atoms with E-state index in [2.05, 4.69) is 9.97 Å². The van der Waals surface area contributed by atoms with Gasteiger partial charge >= 0.3 is 0 Å². The summed E-state index contributed by atoms with van der Waals surface area (Å²) in [7, 11) is -2.56. The molecule has 1 aromatic heterocycles. The second kappa shape index (κ2) is 8.00. The number of H-pyrrole nitrogens is 1. The number of ketones is 1. The first-order chi connectivity index (χ1) is 14.5. The van der Waals surface area contributed by atoms with E-state index in [0.717, 1.165) is 4.31 Å². The van der Waals surface area contributed by atoms with Gasteiger partial charge in [0.05, 0.1) is 23.0 Å². The van der Waals surface area contributed by atoms with Gasteiger partial charge in [-0.15, -0.1) is 0 Å². The van der Waals surface area contributed by atoms with Gasteiger partial charge in [-0.05, 0) is 36.4 Å². The Morgan fingerprint density at radius 3 is 2.30 bits per heavy atom. The average Bonchev–Trinajstić information content (AvgIpc) is 3.21. The van der Waals surface area contributed by atoms with Crippen molar-refractivity contribution < 1.29 is 17.9 Å². The highest BCUT2D eigenvalue weighted by Crippen LogP contribution is 2.25. The molecule has 0 aliphatic rings. The maximum atomic E-state index is 13.4. The van der Waals surface area contributed by atoms with Crippen LogP contribution in [-0.2, 0) is 10.0 Å². The third-order valence-corrected chi connectivity index (χ3v) is 6.39. The first-order valence-electron chi connectivity index (χ1n) is 9.19. The fourth-order valence-corrected chi connectivity index (χ4v) is 4.39. The van der Waals surface area contributed by atoms with E-state index in [1.807, 2.05) is 12.1 Å². The topological polar surface area (TPSA) is 92.4 Å². The summed E-state index contributed by atoms with van der Waals surface area (Å²) in [5.74, 6) is 0.272. The zero-order valence-electron chi connectivity index (χ0n) is 16.1. The molecule has 0 amide bonds. The maximum absolute atomic E-state index is 13.4. The number of benzene rings is 3. The molecule has 152 valence electrons. The Kier molecular flexibility index (Phi) is 5.24. The second-order valence-electron chi connectivity index (χ2n) is 6.55. The number of hydrogen-bond acceptors (Lipinski definition) is 5. The number of anilines is 1. The van der Waals surface area contributed by atoms with Gasteiger partial charge < -0.3 is 9.72 Å². The minimum Gasteiger partial charge on any atom is -0.497 e. The summed E-state index contributed by atoms with van der Waals surface area (Å²) in [4.78, 5) is 20.3. The predicted octanol–water partition coefficient (Wildman–Crippen LogP) is 3.65. The fraction of sp³-hybridized carbons (Fsp3) is 0.0909. The average molecular weight is 421 g/mol. The number of aromatic nitrogens is 2. The molecule has 4 rings (SSSR count). The maximum Gasteiger partial charge on any atom is 0.267 e. The number of carbonyl (C=O) groups excluding carboxylic acids is 1. The van der Waals surface area contributed by atoms with E-state index in [0.29, 0.717) is 22.3 Å². The van der Waals surface area contributed by atoms with Gasteiger partial charge in [0.25, 0.3) is 10.0 Å². The molecule has 0 aliphatic carbocycles. The van der Waals surface area contributed by atoms with Crippen molar-refractivity contribution in [2.45, 2.75) is 4.90 Å². The number of aromatic amines is 1. The Balaban J connectivity index is 1.78. The zero-order chi connectivity index (χ0) is 21.1. The van der Waals surface area contributed by atoms with Gasteiger partial charge in [-0.2, -0.15) is 0 Å². The third kappa shape index (κ3) is 3.77. The largest absolute Gasteiger partial charge is 0.497 e. The number of nitrogens with one attached hydrogen (secondary N) is 1. The molecule has 0 bridgehead atoms. The molecule has 30 heavy (non-hydrogen) atoms. The molecule has 0 spiro atoms. The van der Waals surface area contributed by atoms with E-state index in [1.165, 1.54) is 19.2 Å². The number of sulfonamides is 1. The lowest BCUT2D eigenvalue weighted by atomic mass is 10.1. The molecule has 0 unspecified atom stereocenters. The lowest BCUT2D eigenvalue weighted by Gasteiger charge is -2.21. The van der Waals surface area contributed by atoms with Crippen LogP contribution in [0.5, 0.6) is 5.75 Å².